The molecule has 0 aromatic carbocycles. The van der Waals surface area contributed by atoms with E-state index in [0.717, 1.165) is 30.4 Å². The van der Waals surface area contributed by atoms with E-state index in [2.05, 4.69) is 32.1 Å². The maximum atomic E-state index is 12.6. The van der Waals surface area contributed by atoms with Gasteiger partial charge >= 0.3 is 6.18 Å². The molecule has 2 N–H and O–H groups in total. The predicted molar refractivity (Wildman–Crippen MR) is 117 cm³/mol. The van der Waals surface area contributed by atoms with E-state index < -0.39 is 12.7 Å². The van der Waals surface area contributed by atoms with Crippen LogP contribution in [0.25, 0.3) is 0 Å². The number of hydrogen-bond acceptors (Lipinski definition) is 5. The number of rotatable bonds is 8. The zero-order chi connectivity index (χ0) is 19.9. The van der Waals surface area contributed by atoms with Crippen LogP contribution in [0, 0.1) is 6.92 Å². The first-order valence-corrected chi connectivity index (χ1v) is 10.4. The third-order valence-electron chi connectivity index (χ3n) is 4.40. The van der Waals surface area contributed by atoms with Crippen molar-refractivity contribution in [2.75, 3.05) is 38.2 Å². The summed E-state index contributed by atoms with van der Waals surface area (Å²) in [5.74, 6) is 3.19. The highest BCUT2D eigenvalue weighted by Crippen LogP contribution is 2.19. The Hall–Kier alpha value is -0.760. The molecule has 0 amide bonds. The van der Waals surface area contributed by atoms with E-state index in [1.54, 1.807) is 11.8 Å². The van der Waals surface area contributed by atoms with Gasteiger partial charge in [-0.1, -0.05) is 0 Å². The molecule has 1 fully saturated rings. The number of guanidine groups is 1. The Balaban J connectivity index is 0.00000392. The minimum absolute atomic E-state index is 0. The summed E-state index contributed by atoms with van der Waals surface area (Å²) in [7, 11) is 1.88. The van der Waals surface area contributed by atoms with E-state index in [4.69, 9.17) is 0 Å². The lowest BCUT2D eigenvalue weighted by Crippen LogP contribution is -2.45. The van der Waals surface area contributed by atoms with E-state index in [-0.39, 0.29) is 30.0 Å². The Morgan fingerprint density at radius 1 is 1.36 bits per heavy atom. The van der Waals surface area contributed by atoms with Crippen molar-refractivity contribution in [1.82, 2.24) is 30.3 Å². The van der Waals surface area contributed by atoms with Gasteiger partial charge in [-0.25, -0.2) is 4.99 Å². The van der Waals surface area contributed by atoms with Crippen molar-refractivity contribution >= 4 is 41.7 Å². The number of halogens is 4. The van der Waals surface area contributed by atoms with Crippen LogP contribution in [-0.2, 0) is 13.6 Å². The van der Waals surface area contributed by atoms with Gasteiger partial charge in [-0.3, -0.25) is 4.90 Å². The van der Waals surface area contributed by atoms with Crippen molar-refractivity contribution in [2.45, 2.75) is 38.5 Å². The lowest BCUT2D eigenvalue weighted by atomic mass is 10.3. The van der Waals surface area contributed by atoms with Gasteiger partial charge < -0.3 is 15.2 Å². The van der Waals surface area contributed by atoms with Crippen LogP contribution in [0.15, 0.2) is 4.99 Å². The summed E-state index contributed by atoms with van der Waals surface area (Å²) in [6.07, 6.45) is -0.469. The van der Waals surface area contributed by atoms with Crippen molar-refractivity contribution in [1.29, 1.82) is 0 Å². The molecule has 1 aromatic heterocycles. The molecule has 0 radical (unpaired) electrons. The quantitative estimate of drug-likeness (QED) is 0.230. The highest BCUT2D eigenvalue weighted by molar-refractivity contribution is 14.0. The Kier molecular flexibility index (Phi) is 10.9. The molecule has 1 atom stereocenters. The third kappa shape index (κ3) is 8.72. The molecule has 12 heteroatoms. The molecule has 1 saturated heterocycles. The molecule has 0 spiro atoms. The second kappa shape index (κ2) is 12.1. The molecule has 28 heavy (non-hydrogen) atoms. The number of likely N-dealkylation sites (tertiary alicyclic amines) is 1. The molecule has 1 aromatic rings. The smallest absolute Gasteiger partial charge is 0.356 e. The summed E-state index contributed by atoms with van der Waals surface area (Å²) in [5.41, 5.74) is 0. The van der Waals surface area contributed by atoms with Gasteiger partial charge in [0.25, 0.3) is 0 Å². The van der Waals surface area contributed by atoms with Gasteiger partial charge in [0, 0.05) is 32.7 Å². The predicted octanol–water partition coefficient (Wildman–Crippen LogP) is 2.17. The van der Waals surface area contributed by atoms with Crippen LogP contribution in [0.3, 0.4) is 0 Å². The third-order valence-corrected chi connectivity index (χ3v) is 5.09. The van der Waals surface area contributed by atoms with Gasteiger partial charge in [0.15, 0.2) is 11.8 Å². The fraction of sp³-hybridized carbons (Fsp3) is 0.812. The molecule has 0 saturated carbocycles. The molecule has 0 aliphatic carbocycles. The lowest BCUT2D eigenvalue weighted by molar-refractivity contribution is -0.143. The maximum Gasteiger partial charge on any atom is 0.401 e. The highest BCUT2D eigenvalue weighted by atomic mass is 127. The molecule has 162 valence electrons. The molecule has 1 aliphatic rings. The minimum atomic E-state index is -4.16. The van der Waals surface area contributed by atoms with Gasteiger partial charge in [0.05, 0.1) is 6.54 Å². The topological polar surface area (TPSA) is 70.4 Å². The number of alkyl halides is 3. The number of aromatic nitrogens is 3. The number of aliphatic imine (C=N–C) groups is 1. The van der Waals surface area contributed by atoms with Crippen LogP contribution >= 0.6 is 35.7 Å². The maximum absolute atomic E-state index is 12.6. The first-order valence-electron chi connectivity index (χ1n) is 8.96. The standard InChI is InChI=1S/C16H28F3N7S.HI/c1-12-23-24-14(25(12)2)9-21-15(20-6-4-8-27-3)22-13-5-7-26(10-13)11-16(17,18)19;/h13H,4-11H2,1-3H3,(H2,20,21,22);1H. The number of hydrogen-bond donors (Lipinski definition) is 2. The van der Waals surface area contributed by atoms with Crippen molar-refractivity contribution in [2.24, 2.45) is 12.0 Å². The first kappa shape index (κ1) is 25.3. The molecule has 2 heterocycles. The van der Waals surface area contributed by atoms with Gasteiger partial charge in [0.2, 0.25) is 0 Å². The summed E-state index contributed by atoms with van der Waals surface area (Å²) in [6, 6.07) is -0.0552. The Morgan fingerprint density at radius 2 is 2.11 bits per heavy atom. The van der Waals surface area contributed by atoms with E-state index in [1.807, 2.05) is 18.5 Å². The second-order valence-corrected chi connectivity index (χ2v) is 7.63. The zero-order valence-corrected chi connectivity index (χ0v) is 19.6. The molecule has 1 aliphatic heterocycles. The highest BCUT2D eigenvalue weighted by Gasteiger charge is 2.34. The lowest BCUT2D eigenvalue weighted by Gasteiger charge is -2.20. The summed E-state index contributed by atoms with van der Waals surface area (Å²) in [5, 5.41) is 14.6. The van der Waals surface area contributed by atoms with Crippen LogP contribution in [-0.4, -0.2) is 76.0 Å². The van der Waals surface area contributed by atoms with E-state index in [9.17, 15) is 13.2 Å². The number of aryl methyl sites for hydroxylation is 1. The van der Waals surface area contributed by atoms with Crippen LogP contribution in [0.1, 0.15) is 24.5 Å². The molecular weight excluding hydrogens is 506 g/mol. The second-order valence-electron chi connectivity index (χ2n) is 6.64. The fourth-order valence-corrected chi connectivity index (χ4v) is 3.29. The average molecular weight is 535 g/mol. The van der Waals surface area contributed by atoms with E-state index >= 15 is 0 Å². The van der Waals surface area contributed by atoms with Gasteiger partial charge in [-0.15, -0.1) is 34.2 Å². The van der Waals surface area contributed by atoms with Crippen molar-refractivity contribution in [3.8, 4) is 0 Å². The molecule has 1 unspecified atom stereocenters. The van der Waals surface area contributed by atoms with Crippen molar-refractivity contribution in [3.05, 3.63) is 11.6 Å². The monoisotopic (exact) mass is 535 g/mol. The Bertz CT molecular complexity index is 624. The first-order chi connectivity index (χ1) is 12.8. The summed E-state index contributed by atoms with van der Waals surface area (Å²) < 4.78 is 39.6. The van der Waals surface area contributed by atoms with Crippen LogP contribution < -0.4 is 10.6 Å². The van der Waals surface area contributed by atoms with Crippen LogP contribution in [0.4, 0.5) is 13.2 Å². The zero-order valence-electron chi connectivity index (χ0n) is 16.4. The minimum Gasteiger partial charge on any atom is -0.356 e. The summed E-state index contributed by atoms with van der Waals surface area (Å²) >= 11 is 1.77. The Morgan fingerprint density at radius 3 is 2.71 bits per heavy atom. The van der Waals surface area contributed by atoms with Gasteiger partial charge in [0.1, 0.15) is 12.4 Å². The normalized spacial score (nSPS) is 18.2. The average Bonchev–Trinajstić information content (AvgIpc) is 3.15. The SMILES string of the molecule is CSCCCNC(=NCc1nnc(C)n1C)NC1CCN(CC(F)(F)F)C1.I. The number of nitrogens with zero attached hydrogens (tertiary/aromatic N) is 5. The largest absolute Gasteiger partial charge is 0.401 e. The van der Waals surface area contributed by atoms with Gasteiger partial charge in [-0.05, 0) is 31.8 Å². The summed E-state index contributed by atoms with van der Waals surface area (Å²) in [4.78, 5) is 5.98. The van der Waals surface area contributed by atoms with Gasteiger partial charge in [-0.2, -0.15) is 24.9 Å². The van der Waals surface area contributed by atoms with Crippen molar-refractivity contribution in [3.63, 3.8) is 0 Å². The molecular formula is C16H29F3IN7S. The summed E-state index contributed by atoms with van der Waals surface area (Å²) in [6.45, 7) is 2.90. The number of thioether (sulfide) groups is 1. The van der Waals surface area contributed by atoms with Crippen molar-refractivity contribution < 1.29 is 13.2 Å². The molecule has 0 bridgehead atoms. The number of nitrogens with one attached hydrogen (secondary N) is 2. The van der Waals surface area contributed by atoms with E-state index in [0.29, 0.717) is 32.0 Å². The van der Waals surface area contributed by atoms with Crippen LogP contribution in [0.5, 0.6) is 0 Å². The Labute approximate surface area is 185 Å². The molecule has 2 rings (SSSR count). The van der Waals surface area contributed by atoms with E-state index in [1.165, 1.54) is 4.90 Å². The molecule has 7 nitrogen and oxygen atoms in total. The fourth-order valence-electron chi connectivity index (χ4n) is 2.86. The van der Waals surface area contributed by atoms with Crippen LogP contribution in [0.2, 0.25) is 0 Å².